The minimum atomic E-state index is -0.0354. The highest BCUT2D eigenvalue weighted by Crippen LogP contribution is 2.40. The molecule has 0 saturated heterocycles. The summed E-state index contributed by atoms with van der Waals surface area (Å²) in [5.41, 5.74) is 4.55. The average Bonchev–Trinajstić information content (AvgIpc) is 2.64. The van der Waals surface area contributed by atoms with Crippen molar-refractivity contribution in [2.45, 2.75) is 48.0 Å². The summed E-state index contributed by atoms with van der Waals surface area (Å²) in [6.45, 7) is 12.5. The summed E-state index contributed by atoms with van der Waals surface area (Å²) in [5, 5.41) is 8.59. The number of ketones is 1. The molecule has 0 aliphatic heterocycles. The zero-order valence-electron chi connectivity index (χ0n) is 19.2. The largest absolute Gasteiger partial charge is 0.516 e. The van der Waals surface area contributed by atoms with Gasteiger partial charge in [0.15, 0.2) is 5.78 Å². The van der Waals surface area contributed by atoms with Gasteiger partial charge in [-0.05, 0) is 45.3 Å². The van der Waals surface area contributed by atoms with Crippen LogP contribution in [0.2, 0.25) is 0 Å². The molecule has 1 atom stereocenters. The van der Waals surface area contributed by atoms with Crippen LogP contribution < -0.4 is 0 Å². The molecule has 0 heterocycles. The first-order valence-corrected chi connectivity index (χ1v) is 10.4. The second-order valence-electron chi connectivity index (χ2n) is 8.53. The highest BCUT2D eigenvalue weighted by molar-refractivity contribution is 5.92. The number of carbonyl (C=O) groups is 1. The van der Waals surface area contributed by atoms with Crippen molar-refractivity contribution in [3.63, 3.8) is 0 Å². The van der Waals surface area contributed by atoms with Crippen LogP contribution in [0.15, 0.2) is 108 Å². The summed E-state index contributed by atoms with van der Waals surface area (Å²) in [6, 6.07) is 0. The molecular weight excluding hydrogens is 368 g/mol. The molecule has 0 aromatic carbocycles. The van der Waals surface area contributed by atoms with Gasteiger partial charge in [-0.1, -0.05) is 103 Å². The van der Waals surface area contributed by atoms with Crippen LogP contribution in [0.1, 0.15) is 48.0 Å². The molecule has 0 fully saturated rings. The van der Waals surface area contributed by atoms with Gasteiger partial charge >= 0.3 is 0 Å². The van der Waals surface area contributed by atoms with E-state index in [-0.39, 0.29) is 11.2 Å². The van der Waals surface area contributed by atoms with E-state index in [1.54, 1.807) is 18.2 Å². The predicted molar refractivity (Wildman–Crippen MR) is 130 cm³/mol. The fourth-order valence-electron chi connectivity index (χ4n) is 3.42. The Labute approximate surface area is 182 Å². The molecular formula is C28H36O2. The number of rotatable bonds is 8. The maximum atomic E-state index is 11.8. The summed E-state index contributed by atoms with van der Waals surface area (Å²) in [7, 11) is 0. The van der Waals surface area contributed by atoms with Gasteiger partial charge in [0.1, 0.15) is 0 Å². The Balaban J connectivity index is 2.68. The molecule has 1 aliphatic rings. The third-order valence-electron chi connectivity index (χ3n) is 5.01. The molecule has 0 radical (unpaired) electrons. The highest BCUT2D eigenvalue weighted by Gasteiger charge is 2.34. The number of aliphatic hydroxyl groups is 1. The Morgan fingerprint density at radius 3 is 2.00 bits per heavy atom. The lowest BCUT2D eigenvalue weighted by Crippen LogP contribution is -2.30. The quantitative estimate of drug-likeness (QED) is 0.333. The van der Waals surface area contributed by atoms with E-state index in [1.807, 2.05) is 38.2 Å². The summed E-state index contributed by atoms with van der Waals surface area (Å²) >= 11 is 0. The molecule has 1 unspecified atom stereocenters. The molecule has 0 saturated carbocycles. The van der Waals surface area contributed by atoms with Crippen LogP contribution in [0.25, 0.3) is 0 Å². The van der Waals surface area contributed by atoms with Crippen molar-refractivity contribution in [3.05, 3.63) is 108 Å². The summed E-state index contributed by atoms with van der Waals surface area (Å²) < 4.78 is 0. The van der Waals surface area contributed by atoms with Gasteiger partial charge in [0.2, 0.25) is 0 Å². The van der Waals surface area contributed by atoms with E-state index in [9.17, 15) is 4.79 Å². The summed E-state index contributed by atoms with van der Waals surface area (Å²) in [6.07, 6.45) is 27.4. The van der Waals surface area contributed by atoms with Crippen molar-refractivity contribution < 1.29 is 9.90 Å². The van der Waals surface area contributed by atoms with Gasteiger partial charge in [-0.25, -0.2) is 0 Å². The summed E-state index contributed by atoms with van der Waals surface area (Å²) in [4.78, 5) is 11.8. The van der Waals surface area contributed by atoms with Gasteiger partial charge in [0.25, 0.3) is 0 Å². The molecule has 160 valence electrons. The van der Waals surface area contributed by atoms with Crippen LogP contribution in [0.5, 0.6) is 0 Å². The maximum absolute atomic E-state index is 11.8. The molecule has 0 bridgehead atoms. The first kappa shape index (κ1) is 25.2. The second-order valence-corrected chi connectivity index (χ2v) is 8.53. The molecule has 0 aromatic rings. The molecule has 2 nitrogen and oxygen atoms in total. The van der Waals surface area contributed by atoms with Crippen LogP contribution in [-0.2, 0) is 4.79 Å². The fourth-order valence-corrected chi connectivity index (χ4v) is 3.42. The first-order chi connectivity index (χ1) is 14.2. The molecule has 30 heavy (non-hydrogen) atoms. The first-order valence-electron chi connectivity index (χ1n) is 10.4. The van der Waals surface area contributed by atoms with E-state index in [0.717, 1.165) is 23.0 Å². The predicted octanol–water partition coefficient (Wildman–Crippen LogP) is 7.68. The maximum Gasteiger partial charge on any atom is 0.156 e. The number of allylic oxidation sites excluding steroid dienone is 17. The molecule has 0 aromatic heterocycles. The van der Waals surface area contributed by atoms with Crippen molar-refractivity contribution >= 4 is 5.78 Å². The van der Waals surface area contributed by atoms with Gasteiger partial charge in [-0.2, -0.15) is 0 Å². The summed E-state index contributed by atoms with van der Waals surface area (Å²) in [5.74, 6) is 0.523. The molecule has 1 rings (SSSR count). The van der Waals surface area contributed by atoms with Crippen molar-refractivity contribution in [2.75, 3.05) is 0 Å². The number of hydrogen-bond acceptors (Lipinski definition) is 2. The number of carbonyl (C=O) groups excluding carboxylic acids is 1. The zero-order chi connectivity index (χ0) is 22.6. The third kappa shape index (κ3) is 9.56. The van der Waals surface area contributed by atoms with Crippen LogP contribution in [0.3, 0.4) is 0 Å². The molecule has 2 heteroatoms. The number of aliphatic hydroxyl groups excluding tert-OH is 1. The van der Waals surface area contributed by atoms with Gasteiger partial charge in [-0.3, -0.25) is 4.79 Å². The topological polar surface area (TPSA) is 37.3 Å². The van der Waals surface area contributed by atoms with Crippen molar-refractivity contribution in [1.82, 2.24) is 0 Å². The van der Waals surface area contributed by atoms with E-state index >= 15 is 0 Å². The fraction of sp³-hybridized carbons (Fsp3) is 0.321. The Hall–Kier alpha value is -2.87. The smallest absolute Gasteiger partial charge is 0.156 e. The van der Waals surface area contributed by atoms with Crippen LogP contribution in [-0.4, -0.2) is 10.9 Å². The Kier molecular flexibility index (Phi) is 10.6. The minimum absolute atomic E-state index is 0.0354. The zero-order valence-corrected chi connectivity index (χ0v) is 19.2. The highest BCUT2D eigenvalue weighted by atomic mass is 16.2. The normalized spacial score (nSPS) is 21.8. The van der Waals surface area contributed by atoms with Crippen molar-refractivity contribution in [3.8, 4) is 0 Å². The van der Waals surface area contributed by atoms with E-state index in [0.29, 0.717) is 12.3 Å². The minimum Gasteiger partial charge on any atom is -0.516 e. The third-order valence-corrected chi connectivity index (χ3v) is 5.01. The molecule has 0 amide bonds. The second kappa shape index (κ2) is 12.6. The van der Waals surface area contributed by atoms with Gasteiger partial charge in [0, 0.05) is 12.3 Å². The lowest BCUT2D eigenvalue weighted by Gasteiger charge is -2.35. The van der Waals surface area contributed by atoms with Gasteiger partial charge in [0.05, 0.1) is 6.26 Å². The van der Waals surface area contributed by atoms with Gasteiger partial charge < -0.3 is 5.11 Å². The Bertz CT molecular complexity index is 862. The monoisotopic (exact) mass is 404 g/mol. The van der Waals surface area contributed by atoms with E-state index in [4.69, 9.17) is 5.11 Å². The lowest BCUT2D eigenvalue weighted by atomic mass is 9.68. The average molecular weight is 405 g/mol. The standard InChI is InChI=1S/C28H36O2/c1-22(14-9-10-19-29)12-7-8-13-23(2)15-11-16-24(3)17-18-27-25(4)20-26(30)21-28(27,5)6/h7-20,27,29H,21H2,1-6H3/b8-7+,14-9+,15-11+,18-17+,19-10+,22-12+,23-13+,24-16+. The molecule has 0 spiro atoms. The Morgan fingerprint density at radius 2 is 1.43 bits per heavy atom. The van der Waals surface area contributed by atoms with Crippen LogP contribution in [0, 0.1) is 11.3 Å². The molecule has 1 N–H and O–H groups in total. The Morgan fingerprint density at radius 1 is 0.900 bits per heavy atom. The van der Waals surface area contributed by atoms with E-state index in [2.05, 4.69) is 64.2 Å². The van der Waals surface area contributed by atoms with Gasteiger partial charge in [-0.15, -0.1) is 0 Å². The van der Waals surface area contributed by atoms with Crippen molar-refractivity contribution in [2.24, 2.45) is 11.3 Å². The SMILES string of the molecule is CC1=CC(=O)CC(C)(C)C1/C=C/C(C)=C/C=C/C(C)=C/C=C/C=C(C)/C=C/C=C/O. The van der Waals surface area contributed by atoms with Crippen LogP contribution >= 0.6 is 0 Å². The molecule has 1 aliphatic carbocycles. The van der Waals surface area contributed by atoms with Crippen LogP contribution in [0.4, 0.5) is 0 Å². The lowest BCUT2D eigenvalue weighted by molar-refractivity contribution is -0.117. The number of hydrogen-bond donors (Lipinski definition) is 1. The van der Waals surface area contributed by atoms with E-state index in [1.165, 1.54) is 5.57 Å². The van der Waals surface area contributed by atoms with Crippen molar-refractivity contribution in [1.29, 1.82) is 0 Å². The van der Waals surface area contributed by atoms with E-state index < -0.39 is 0 Å².